The topological polar surface area (TPSA) is 42.7 Å². The number of nitrogens with zero attached hydrogens (tertiary/aromatic N) is 3. The zero-order valence-electron chi connectivity index (χ0n) is 13.7. The molecule has 0 amide bonds. The van der Waals surface area contributed by atoms with Crippen molar-refractivity contribution in [3.63, 3.8) is 0 Å². The molecule has 0 bridgehead atoms. The SMILES string of the molecule is Cc1ccc(-n2cnnc2Nc2cc(C(F)(F)F)cc(C(F)(F)F)c2)cc1. The van der Waals surface area contributed by atoms with E-state index in [4.69, 9.17) is 0 Å². The fourth-order valence-electron chi connectivity index (χ4n) is 2.37. The summed E-state index contributed by atoms with van der Waals surface area (Å²) >= 11 is 0. The Morgan fingerprint density at radius 1 is 0.852 bits per heavy atom. The van der Waals surface area contributed by atoms with E-state index in [0.717, 1.165) is 5.56 Å². The maximum Gasteiger partial charge on any atom is 0.416 e. The van der Waals surface area contributed by atoms with Crippen LogP contribution in [0, 0.1) is 6.92 Å². The molecular weight excluding hydrogens is 374 g/mol. The molecule has 0 radical (unpaired) electrons. The van der Waals surface area contributed by atoms with E-state index < -0.39 is 29.2 Å². The molecule has 1 aromatic heterocycles. The van der Waals surface area contributed by atoms with Crippen molar-refractivity contribution in [2.75, 3.05) is 5.32 Å². The van der Waals surface area contributed by atoms with Crippen LogP contribution in [0.15, 0.2) is 48.8 Å². The molecule has 10 heteroatoms. The summed E-state index contributed by atoms with van der Waals surface area (Å²) < 4.78 is 79.2. The van der Waals surface area contributed by atoms with Crippen molar-refractivity contribution in [1.82, 2.24) is 14.8 Å². The van der Waals surface area contributed by atoms with Crippen LogP contribution >= 0.6 is 0 Å². The Morgan fingerprint density at radius 3 is 1.93 bits per heavy atom. The number of aromatic nitrogens is 3. The molecule has 0 saturated heterocycles. The van der Waals surface area contributed by atoms with Gasteiger partial charge in [0.1, 0.15) is 6.33 Å². The van der Waals surface area contributed by atoms with Gasteiger partial charge in [-0.15, -0.1) is 10.2 Å². The first-order valence-corrected chi connectivity index (χ1v) is 7.57. The lowest BCUT2D eigenvalue weighted by Crippen LogP contribution is -2.12. The molecule has 2 aromatic carbocycles. The van der Waals surface area contributed by atoms with Gasteiger partial charge in [0.25, 0.3) is 0 Å². The van der Waals surface area contributed by atoms with Gasteiger partial charge < -0.3 is 5.32 Å². The van der Waals surface area contributed by atoms with E-state index in [1.165, 1.54) is 10.9 Å². The van der Waals surface area contributed by atoms with Crippen molar-refractivity contribution in [3.8, 4) is 5.69 Å². The Balaban J connectivity index is 2.01. The molecule has 0 aliphatic carbocycles. The first-order valence-electron chi connectivity index (χ1n) is 7.57. The number of hydrogen-bond donors (Lipinski definition) is 1. The largest absolute Gasteiger partial charge is 0.416 e. The van der Waals surface area contributed by atoms with Crippen molar-refractivity contribution >= 4 is 11.6 Å². The third kappa shape index (κ3) is 4.21. The average molecular weight is 386 g/mol. The molecule has 0 unspecified atom stereocenters. The quantitative estimate of drug-likeness (QED) is 0.617. The van der Waals surface area contributed by atoms with Crippen LogP contribution in [0.2, 0.25) is 0 Å². The second-order valence-electron chi connectivity index (χ2n) is 5.78. The molecule has 1 heterocycles. The van der Waals surface area contributed by atoms with Crippen LogP contribution in [0.1, 0.15) is 16.7 Å². The van der Waals surface area contributed by atoms with E-state index in [1.807, 2.05) is 6.92 Å². The summed E-state index contributed by atoms with van der Waals surface area (Å²) in [7, 11) is 0. The summed E-state index contributed by atoms with van der Waals surface area (Å²) in [6, 6.07) is 8.27. The first-order chi connectivity index (χ1) is 12.5. The highest BCUT2D eigenvalue weighted by Crippen LogP contribution is 2.38. The van der Waals surface area contributed by atoms with Crippen molar-refractivity contribution < 1.29 is 26.3 Å². The van der Waals surface area contributed by atoms with Gasteiger partial charge in [-0.3, -0.25) is 4.57 Å². The zero-order chi connectivity index (χ0) is 19.8. The van der Waals surface area contributed by atoms with Gasteiger partial charge in [0, 0.05) is 5.69 Å². The monoisotopic (exact) mass is 386 g/mol. The van der Waals surface area contributed by atoms with Crippen LogP contribution in [0.4, 0.5) is 38.0 Å². The first kappa shape index (κ1) is 18.7. The third-order valence-electron chi connectivity index (χ3n) is 3.70. The van der Waals surface area contributed by atoms with Crippen molar-refractivity contribution in [1.29, 1.82) is 0 Å². The van der Waals surface area contributed by atoms with Gasteiger partial charge in [-0.05, 0) is 37.3 Å². The Bertz CT molecular complexity index is 909. The fraction of sp³-hybridized carbons (Fsp3) is 0.176. The lowest BCUT2D eigenvalue weighted by molar-refractivity contribution is -0.143. The minimum absolute atomic E-state index is 0.0219. The van der Waals surface area contributed by atoms with Gasteiger partial charge >= 0.3 is 12.4 Å². The molecule has 0 aliphatic heterocycles. The number of hydrogen-bond acceptors (Lipinski definition) is 3. The molecule has 3 aromatic rings. The van der Waals surface area contributed by atoms with Gasteiger partial charge in [-0.2, -0.15) is 26.3 Å². The Morgan fingerprint density at radius 2 is 1.41 bits per heavy atom. The average Bonchev–Trinajstić information content (AvgIpc) is 3.02. The molecule has 1 N–H and O–H groups in total. The standard InChI is InChI=1S/C17H12F6N4/c1-10-2-4-14(5-3-10)27-9-24-26-15(27)25-13-7-11(16(18,19)20)6-12(8-13)17(21,22)23/h2-9H,1H3,(H,25,26). The van der Waals surface area contributed by atoms with Crippen LogP contribution in [0.3, 0.4) is 0 Å². The number of alkyl halides is 6. The maximum absolute atomic E-state index is 13.0. The van der Waals surface area contributed by atoms with Crippen LogP contribution < -0.4 is 5.32 Å². The normalized spacial score (nSPS) is 12.3. The van der Waals surface area contributed by atoms with E-state index in [1.54, 1.807) is 24.3 Å². The molecular formula is C17H12F6N4. The predicted octanol–water partition coefficient (Wildman–Crippen LogP) is 5.36. The van der Waals surface area contributed by atoms with Crippen LogP contribution in [0.25, 0.3) is 5.69 Å². The van der Waals surface area contributed by atoms with E-state index in [2.05, 4.69) is 15.5 Å². The van der Waals surface area contributed by atoms with Crippen molar-refractivity contribution in [2.24, 2.45) is 0 Å². The summed E-state index contributed by atoms with van der Waals surface area (Å²) in [5.41, 5.74) is -1.66. The number of nitrogens with one attached hydrogen (secondary N) is 1. The highest BCUT2D eigenvalue weighted by Gasteiger charge is 2.37. The number of benzene rings is 2. The summed E-state index contributed by atoms with van der Waals surface area (Å²) in [6.45, 7) is 1.87. The fourth-order valence-corrected chi connectivity index (χ4v) is 2.37. The summed E-state index contributed by atoms with van der Waals surface area (Å²) in [5, 5.41) is 9.88. The number of halogens is 6. The molecule has 4 nitrogen and oxygen atoms in total. The van der Waals surface area contributed by atoms with Gasteiger partial charge in [0.05, 0.1) is 16.8 Å². The second kappa shape index (κ2) is 6.60. The molecule has 0 fully saturated rings. The highest BCUT2D eigenvalue weighted by molar-refractivity contribution is 5.59. The van der Waals surface area contributed by atoms with Crippen molar-refractivity contribution in [3.05, 3.63) is 65.5 Å². The maximum atomic E-state index is 13.0. The molecule has 0 aliphatic rings. The van der Waals surface area contributed by atoms with E-state index in [-0.39, 0.29) is 12.0 Å². The molecule has 0 spiro atoms. The predicted molar refractivity (Wildman–Crippen MR) is 85.8 cm³/mol. The number of anilines is 2. The minimum Gasteiger partial charge on any atom is -0.324 e. The number of aryl methyl sites for hydroxylation is 1. The highest BCUT2D eigenvalue weighted by atomic mass is 19.4. The van der Waals surface area contributed by atoms with Crippen LogP contribution in [0.5, 0.6) is 0 Å². The Hall–Kier alpha value is -3.04. The summed E-state index contributed by atoms with van der Waals surface area (Å²) in [6.07, 6.45) is -8.56. The molecule has 0 saturated carbocycles. The lowest BCUT2D eigenvalue weighted by atomic mass is 10.1. The third-order valence-corrected chi connectivity index (χ3v) is 3.70. The van der Waals surface area contributed by atoms with Gasteiger partial charge in [-0.1, -0.05) is 17.7 Å². The Labute approximate surface area is 149 Å². The van der Waals surface area contributed by atoms with E-state index in [0.29, 0.717) is 17.8 Å². The zero-order valence-corrected chi connectivity index (χ0v) is 13.7. The van der Waals surface area contributed by atoms with Gasteiger partial charge in [-0.25, -0.2) is 0 Å². The van der Waals surface area contributed by atoms with Gasteiger partial charge in [0.2, 0.25) is 5.95 Å². The van der Waals surface area contributed by atoms with Crippen LogP contribution in [-0.2, 0) is 12.4 Å². The molecule has 27 heavy (non-hydrogen) atoms. The molecule has 142 valence electrons. The second-order valence-corrected chi connectivity index (χ2v) is 5.78. The smallest absolute Gasteiger partial charge is 0.324 e. The number of rotatable bonds is 3. The van der Waals surface area contributed by atoms with E-state index in [9.17, 15) is 26.3 Å². The van der Waals surface area contributed by atoms with E-state index >= 15 is 0 Å². The molecule has 0 atom stereocenters. The molecule has 3 rings (SSSR count). The Kier molecular flexibility index (Phi) is 4.58. The summed E-state index contributed by atoms with van der Waals surface area (Å²) in [4.78, 5) is 0. The van der Waals surface area contributed by atoms with Crippen LogP contribution in [-0.4, -0.2) is 14.8 Å². The van der Waals surface area contributed by atoms with Crippen molar-refractivity contribution in [2.45, 2.75) is 19.3 Å². The lowest BCUT2D eigenvalue weighted by Gasteiger charge is -2.15. The summed E-state index contributed by atoms with van der Waals surface area (Å²) in [5.74, 6) is -0.0219. The minimum atomic E-state index is -4.93. The van der Waals surface area contributed by atoms with Gasteiger partial charge in [0.15, 0.2) is 0 Å².